The van der Waals surface area contributed by atoms with Gasteiger partial charge in [-0.3, -0.25) is 33.9 Å². The summed E-state index contributed by atoms with van der Waals surface area (Å²) in [6.45, 7) is 8.25. The number of aryl methyl sites for hydroxylation is 2. The van der Waals surface area contributed by atoms with Crippen LogP contribution in [0.15, 0.2) is 53.5 Å². The van der Waals surface area contributed by atoms with E-state index >= 15 is 8.78 Å². The number of carbonyl (C=O) groups is 3. The maximum atomic E-state index is 17.3. The molecule has 3 amide bonds. The summed E-state index contributed by atoms with van der Waals surface area (Å²) in [4.78, 5) is 75.1. The number of anilines is 1. The van der Waals surface area contributed by atoms with Gasteiger partial charge >= 0.3 is 17.8 Å². The molecule has 13 rings (SSSR count). The summed E-state index contributed by atoms with van der Waals surface area (Å²) in [6, 6.07) is 12.1. The fourth-order valence-electron chi connectivity index (χ4n) is 15.3. The highest BCUT2D eigenvalue weighted by molar-refractivity contribution is 6.02. The molecule has 19 heteroatoms. The number of aromatic nitrogens is 5. The van der Waals surface area contributed by atoms with E-state index in [-0.39, 0.29) is 64.1 Å². The average molecular weight is 1100 g/mol. The quantitative estimate of drug-likeness (QED) is 0.118. The summed E-state index contributed by atoms with van der Waals surface area (Å²) in [5.41, 5.74) is 3.18. The molecular weight excluding hydrogens is 1020 g/mol. The number of ether oxygens (including phenoxy) is 2. The maximum absolute atomic E-state index is 17.3. The summed E-state index contributed by atoms with van der Waals surface area (Å²) >= 11 is 0. The van der Waals surface area contributed by atoms with Crippen LogP contribution in [0.5, 0.6) is 11.8 Å². The summed E-state index contributed by atoms with van der Waals surface area (Å²) in [5.74, 6) is -0.937. The Morgan fingerprint density at radius 3 is 2.40 bits per heavy atom. The van der Waals surface area contributed by atoms with Gasteiger partial charge in [0.05, 0.1) is 22.0 Å². The van der Waals surface area contributed by atoms with E-state index < -0.39 is 23.6 Å². The van der Waals surface area contributed by atoms with Gasteiger partial charge in [0.15, 0.2) is 5.82 Å². The summed E-state index contributed by atoms with van der Waals surface area (Å²) < 4.78 is 48.4. The van der Waals surface area contributed by atoms with E-state index in [1.807, 2.05) is 17.9 Å². The highest BCUT2D eigenvalue weighted by Gasteiger charge is 2.51. The van der Waals surface area contributed by atoms with Gasteiger partial charge in [-0.15, -0.1) is 0 Å². The van der Waals surface area contributed by atoms with Gasteiger partial charge in [-0.05, 0) is 173 Å². The second kappa shape index (κ2) is 21.0. The highest BCUT2D eigenvalue weighted by Crippen LogP contribution is 2.52. The molecule has 1 unspecified atom stereocenters. The van der Waals surface area contributed by atoms with Crippen LogP contribution >= 0.6 is 0 Å². The number of benzene rings is 3. The number of fused-ring (bicyclic) bond motifs is 4. The van der Waals surface area contributed by atoms with Crippen LogP contribution in [0.2, 0.25) is 0 Å². The van der Waals surface area contributed by atoms with E-state index in [0.717, 1.165) is 128 Å². The summed E-state index contributed by atoms with van der Waals surface area (Å²) in [7, 11) is 1.75. The Morgan fingerprint density at radius 1 is 0.850 bits per heavy atom. The number of imide groups is 1. The SMILES string of the molecule is CCc1c(F)ccc2cc(O)cc(-c3ncc4c(N5CCCCCC5)nc(OC[C@@]56CCCN5[C@H](COC(=O)N5CCC7(CC5)CC(N5CCC(c8ccc9c(c8)n(C)c(=O)n9C8CCC(=O)NC8=O)CC5)C7)CC6)nc4c3F)c12. The number of hydrogen-bond acceptors (Lipinski definition) is 13. The molecule has 6 aliphatic heterocycles. The van der Waals surface area contributed by atoms with Crippen molar-refractivity contribution in [1.29, 1.82) is 0 Å². The minimum absolute atomic E-state index is 0.0310. The van der Waals surface area contributed by atoms with Crippen LogP contribution in [0, 0.1) is 17.0 Å². The van der Waals surface area contributed by atoms with E-state index in [2.05, 4.69) is 37.1 Å². The molecule has 7 fully saturated rings. The number of aromatic hydroxyl groups is 1. The summed E-state index contributed by atoms with van der Waals surface area (Å²) in [5, 5.41) is 14.7. The second-order valence-corrected chi connectivity index (χ2v) is 24.3. The Kier molecular flexibility index (Phi) is 13.8. The third-order valence-corrected chi connectivity index (χ3v) is 19.8. The largest absolute Gasteiger partial charge is 0.508 e. The minimum atomic E-state index is -0.697. The van der Waals surface area contributed by atoms with Crippen molar-refractivity contribution >= 4 is 56.4 Å². The van der Waals surface area contributed by atoms with Crippen molar-refractivity contribution in [2.24, 2.45) is 12.5 Å². The van der Waals surface area contributed by atoms with Gasteiger partial charge in [0.1, 0.15) is 47.9 Å². The van der Waals surface area contributed by atoms with E-state index in [9.17, 15) is 24.3 Å². The lowest BCUT2D eigenvalue weighted by molar-refractivity contribution is -0.135. The van der Waals surface area contributed by atoms with Gasteiger partial charge in [-0.25, -0.2) is 18.4 Å². The van der Waals surface area contributed by atoms with Crippen LogP contribution in [0.4, 0.5) is 19.4 Å². The highest BCUT2D eigenvalue weighted by atomic mass is 19.1. The first kappa shape index (κ1) is 52.6. The molecule has 3 aromatic carbocycles. The number of nitrogens with one attached hydrogen (secondary N) is 1. The van der Waals surface area contributed by atoms with Gasteiger partial charge in [-0.1, -0.05) is 31.9 Å². The zero-order valence-electron chi connectivity index (χ0n) is 46.0. The molecular formula is C61H72F2N10O7. The van der Waals surface area contributed by atoms with Gasteiger partial charge < -0.3 is 29.3 Å². The van der Waals surface area contributed by atoms with Crippen LogP contribution in [-0.2, 0) is 27.8 Å². The number of carbonyl (C=O) groups excluding carboxylic acids is 3. The fraction of sp³-hybridized carbons (Fsp3) is 0.557. The Balaban J connectivity index is 0.619. The molecule has 9 heterocycles. The van der Waals surface area contributed by atoms with Crippen molar-refractivity contribution in [3.05, 3.63) is 81.9 Å². The number of phenolic OH excluding ortho intramolecular Hbond substituents is 1. The van der Waals surface area contributed by atoms with Crippen LogP contribution in [0.1, 0.15) is 133 Å². The smallest absolute Gasteiger partial charge is 0.409 e. The van der Waals surface area contributed by atoms with Crippen LogP contribution < -0.4 is 20.6 Å². The number of rotatable bonds is 11. The lowest BCUT2D eigenvalue weighted by Gasteiger charge is -2.56. The van der Waals surface area contributed by atoms with E-state index in [1.54, 1.807) is 34.5 Å². The Bertz CT molecular complexity index is 3480. The first-order valence-corrected chi connectivity index (χ1v) is 29.4. The van der Waals surface area contributed by atoms with Crippen LogP contribution in [0.3, 0.4) is 0 Å². The second-order valence-electron chi connectivity index (χ2n) is 24.3. The first-order chi connectivity index (χ1) is 38.8. The molecule has 7 aliphatic rings. The minimum Gasteiger partial charge on any atom is -0.508 e. The molecule has 17 nitrogen and oxygen atoms in total. The van der Waals surface area contributed by atoms with Gasteiger partial charge in [0.2, 0.25) is 11.8 Å². The van der Waals surface area contributed by atoms with Gasteiger partial charge in [0.25, 0.3) is 0 Å². The van der Waals surface area contributed by atoms with Crippen LogP contribution in [0.25, 0.3) is 44.0 Å². The van der Waals surface area contributed by atoms with E-state index in [1.165, 1.54) is 17.7 Å². The number of nitrogens with zero attached hydrogens (tertiary/aromatic N) is 9. The molecule has 0 bridgehead atoms. The normalized spacial score (nSPS) is 24.2. The topological polar surface area (TPSA) is 180 Å². The molecule has 3 aromatic heterocycles. The number of imidazole rings is 1. The van der Waals surface area contributed by atoms with E-state index in [4.69, 9.17) is 19.4 Å². The molecule has 6 saturated heterocycles. The number of halogens is 2. The third-order valence-electron chi connectivity index (χ3n) is 19.8. The lowest BCUT2D eigenvalue weighted by Crippen LogP contribution is -2.56. The van der Waals surface area contributed by atoms with E-state index in [0.29, 0.717) is 89.7 Å². The number of hydrogen-bond donors (Lipinski definition) is 2. The predicted octanol–water partition coefficient (Wildman–Crippen LogP) is 9.04. The lowest BCUT2D eigenvalue weighted by atomic mass is 9.59. The zero-order valence-corrected chi connectivity index (χ0v) is 46.0. The fourth-order valence-corrected chi connectivity index (χ4v) is 15.3. The number of piperidine rings is 3. The van der Waals surface area contributed by atoms with Crippen molar-refractivity contribution in [2.75, 3.05) is 63.9 Å². The van der Waals surface area contributed by atoms with Crippen molar-refractivity contribution in [1.82, 2.24) is 44.1 Å². The predicted molar refractivity (Wildman–Crippen MR) is 299 cm³/mol. The molecule has 2 N–H and O–H groups in total. The molecule has 1 spiro atoms. The van der Waals surface area contributed by atoms with Crippen molar-refractivity contribution in [3.8, 4) is 23.0 Å². The molecule has 422 valence electrons. The standard InChI is InChI=1S/C61H72F2N10O7/c1-3-43-46(62)11-9-39-29-42(74)31-44(51(39)43)53-52(63)54-45(34-64-53)55(70-22-6-4-5-7-23-70)67-57(66-54)80-36-61-18-8-24-72(61)40(15-19-61)35-79-59(78)71-27-20-60(21-28-71)32-41(33-60)69-25-16-37(17-26-69)38-10-12-47-49(30-38)68(2)58(77)73(47)48-13-14-50(75)65-56(48)76/h9-12,29-31,34,37,40-41,48,74H,3-8,13-28,32-33,35-36H2,1-2H3,(H,65,75,76)/t40-,48?,61-/m0/s1. The molecule has 1 aliphatic carbocycles. The van der Waals surface area contributed by atoms with Gasteiger partial charge in [-0.2, -0.15) is 9.97 Å². The monoisotopic (exact) mass is 1090 g/mol. The number of amides is 3. The molecule has 6 aromatic rings. The Morgan fingerprint density at radius 2 is 1.64 bits per heavy atom. The molecule has 0 radical (unpaired) electrons. The number of pyridine rings is 1. The van der Waals surface area contributed by atoms with Crippen LogP contribution in [-0.4, -0.2) is 138 Å². The zero-order chi connectivity index (χ0) is 55.0. The number of likely N-dealkylation sites (tertiary alicyclic amines) is 2. The molecule has 3 atom stereocenters. The van der Waals surface area contributed by atoms with Crippen molar-refractivity contribution in [3.63, 3.8) is 0 Å². The average Bonchev–Trinajstić information content (AvgIpc) is 4.15. The Hall–Kier alpha value is -6.73. The van der Waals surface area contributed by atoms with Gasteiger partial charge in [0, 0.05) is 63.5 Å². The van der Waals surface area contributed by atoms with Crippen molar-refractivity contribution in [2.45, 2.75) is 146 Å². The first-order valence-electron chi connectivity index (χ1n) is 29.4. The molecule has 1 saturated carbocycles. The number of phenols is 1. The summed E-state index contributed by atoms with van der Waals surface area (Å²) in [6.07, 6.45) is 16.3. The van der Waals surface area contributed by atoms with Crippen molar-refractivity contribution < 1.29 is 37.7 Å². The maximum Gasteiger partial charge on any atom is 0.409 e. The third kappa shape index (κ3) is 9.32. The Labute approximate surface area is 463 Å². The molecule has 80 heavy (non-hydrogen) atoms.